The van der Waals surface area contributed by atoms with Crippen molar-refractivity contribution in [1.29, 1.82) is 0 Å². The molecule has 1 atom stereocenters. The molecule has 0 saturated carbocycles. The molecule has 0 amide bonds. The van der Waals surface area contributed by atoms with E-state index in [1.54, 1.807) is 0 Å². The predicted octanol–water partition coefficient (Wildman–Crippen LogP) is 6.50. The van der Waals surface area contributed by atoms with Gasteiger partial charge in [-0.3, -0.25) is 0 Å². The van der Waals surface area contributed by atoms with Gasteiger partial charge in [-0.1, -0.05) is 102 Å². The van der Waals surface area contributed by atoms with Gasteiger partial charge < -0.3 is 9.84 Å². The second kappa shape index (κ2) is 7.57. The highest BCUT2D eigenvalue weighted by atomic mass is 16.5. The molecule has 4 aromatic carbocycles. The normalized spacial score (nSPS) is 17.8. The van der Waals surface area contributed by atoms with Crippen LogP contribution < -0.4 is 4.74 Å². The first-order valence-corrected chi connectivity index (χ1v) is 10.5. The lowest BCUT2D eigenvalue weighted by atomic mass is 9.74. The van der Waals surface area contributed by atoms with Crippen molar-refractivity contribution in [2.45, 2.75) is 19.4 Å². The Kier molecular flexibility index (Phi) is 4.72. The van der Waals surface area contributed by atoms with Crippen molar-refractivity contribution in [3.05, 3.63) is 137 Å². The van der Waals surface area contributed by atoms with Crippen molar-refractivity contribution >= 4 is 11.3 Å². The van der Waals surface area contributed by atoms with Gasteiger partial charge in [0.1, 0.15) is 17.1 Å². The highest BCUT2D eigenvalue weighted by Crippen LogP contribution is 2.52. The van der Waals surface area contributed by atoms with Gasteiger partial charge in [0.15, 0.2) is 0 Å². The molecule has 1 unspecified atom stereocenters. The van der Waals surface area contributed by atoms with Crippen LogP contribution in [0, 0.1) is 13.8 Å². The minimum Gasteiger partial charge on any atom is -0.456 e. The minimum atomic E-state index is -1.36. The smallest absolute Gasteiger partial charge is 0.148 e. The summed E-state index contributed by atoms with van der Waals surface area (Å²) in [6, 6.07) is 34.1. The third-order valence-corrected chi connectivity index (χ3v) is 5.89. The Bertz CT molecular complexity index is 1260. The lowest BCUT2D eigenvalue weighted by molar-refractivity contribution is 0.137. The fourth-order valence-electron chi connectivity index (χ4n) is 4.31. The molecule has 0 aromatic heterocycles. The van der Waals surface area contributed by atoms with Crippen molar-refractivity contribution in [2.24, 2.45) is 0 Å². The summed E-state index contributed by atoms with van der Waals surface area (Å²) in [5.74, 6) is 1.35. The molecule has 5 rings (SSSR count). The highest BCUT2D eigenvalue weighted by Gasteiger charge is 2.45. The maximum absolute atomic E-state index is 12.6. The van der Waals surface area contributed by atoms with E-state index in [0.29, 0.717) is 11.5 Å². The molecule has 1 aliphatic rings. The van der Waals surface area contributed by atoms with Gasteiger partial charge in [0.25, 0.3) is 0 Å². The van der Waals surface area contributed by atoms with Gasteiger partial charge in [-0.2, -0.15) is 0 Å². The number of aliphatic hydroxyl groups is 1. The zero-order valence-electron chi connectivity index (χ0n) is 17.7. The molecule has 31 heavy (non-hydrogen) atoms. The Balaban J connectivity index is 1.90. The van der Waals surface area contributed by atoms with Crippen LogP contribution in [0.2, 0.25) is 0 Å². The number of rotatable bonds is 3. The zero-order chi connectivity index (χ0) is 21.4. The molecule has 1 N–H and O–H groups in total. The van der Waals surface area contributed by atoms with E-state index in [4.69, 9.17) is 4.74 Å². The topological polar surface area (TPSA) is 29.5 Å². The summed E-state index contributed by atoms with van der Waals surface area (Å²) in [5.41, 5.74) is 5.05. The van der Waals surface area contributed by atoms with Gasteiger partial charge >= 0.3 is 0 Å². The SMILES string of the molecule is Cc1ccc(C2(O)C(c3ccccc3)=C(c3ccccc3)Oc3ccc(C)cc32)cc1. The van der Waals surface area contributed by atoms with E-state index in [1.165, 1.54) is 0 Å². The maximum atomic E-state index is 12.6. The van der Waals surface area contributed by atoms with E-state index in [2.05, 4.69) is 6.92 Å². The fourth-order valence-corrected chi connectivity index (χ4v) is 4.31. The number of hydrogen-bond acceptors (Lipinski definition) is 2. The summed E-state index contributed by atoms with van der Waals surface area (Å²) in [6.45, 7) is 4.09. The third kappa shape index (κ3) is 3.26. The largest absolute Gasteiger partial charge is 0.456 e. The first kappa shape index (κ1) is 19.3. The fraction of sp³-hybridized carbons (Fsp3) is 0.103. The van der Waals surface area contributed by atoms with Crippen LogP contribution in [0.15, 0.2) is 103 Å². The Morgan fingerprint density at radius 2 is 1.23 bits per heavy atom. The van der Waals surface area contributed by atoms with E-state index >= 15 is 0 Å². The molecule has 0 radical (unpaired) electrons. The zero-order valence-corrected chi connectivity index (χ0v) is 17.7. The monoisotopic (exact) mass is 404 g/mol. The van der Waals surface area contributed by atoms with Crippen LogP contribution in [0.1, 0.15) is 33.4 Å². The van der Waals surface area contributed by atoms with Crippen LogP contribution in [0.3, 0.4) is 0 Å². The molecule has 0 aliphatic carbocycles. The molecular weight excluding hydrogens is 380 g/mol. The molecule has 2 heteroatoms. The standard InChI is InChI=1S/C29H24O2/c1-20-13-16-24(17-14-20)29(30)25-19-21(2)15-18-26(25)31-28(23-11-7-4-8-12-23)27(29)22-9-5-3-6-10-22/h3-19,30H,1-2H3. The van der Waals surface area contributed by atoms with Crippen LogP contribution in [0.25, 0.3) is 11.3 Å². The first-order valence-electron chi connectivity index (χ1n) is 10.5. The van der Waals surface area contributed by atoms with E-state index in [-0.39, 0.29) is 0 Å². The van der Waals surface area contributed by atoms with E-state index in [9.17, 15) is 5.11 Å². The van der Waals surface area contributed by atoms with Crippen molar-refractivity contribution < 1.29 is 9.84 Å². The van der Waals surface area contributed by atoms with Crippen molar-refractivity contribution in [2.75, 3.05) is 0 Å². The average Bonchev–Trinajstić information content (AvgIpc) is 2.81. The van der Waals surface area contributed by atoms with Gasteiger partial charge in [0.05, 0.1) is 0 Å². The van der Waals surface area contributed by atoms with Crippen LogP contribution in [0.4, 0.5) is 0 Å². The number of benzene rings is 4. The first-order chi connectivity index (χ1) is 15.1. The summed E-state index contributed by atoms with van der Waals surface area (Å²) in [4.78, 5) is 0. The van der Waals surface area contributed by atoms with Gasteiger partial charge in [0.2, 0.25) is 0 Å². The summed E-state index contributed by atoms with van der Waals surface area (Å²) < 4.78 is 6.50. The predicted molar refractivity (Wildman–Crippen MR) is 126 cm³/mol. The summed E-state index contributed by atoms with van der Waals surface area (Å²) in [5, 5.41) is 12.6. The van der Waals surface area contributed by atoms with E-state index in [1.807, 2.05) is 110 Å². The molecule has 0 spiro atoms. The van der Waals surface area contributed by atoms with Crippen molar-refractivity contribution in [3.63, 3.8) is 0 Å². The molecule has 0 bridgehead atoms. The van der Waals surface area contributed by atoms with Crippen molar-refractivity contribution in [3.8, 4) is 5.75 Å². The average molecular weight is 405 g/mol. The minimum absolute atomic E-state index is 0.672. The highest BCUT2D eigenvalue weighted by molar-refractivity contribution is 5.96. The number of ether oxygens (including phenoxy) is 1. The van der Waals surface area contributed by atoms with E-state index < -0.39 is 5.60 Å². The van der Waals surface area contributed by atoms with Gasteiger partial charge in [-0.05, 0) is 37.1 Å². The molecule has 152 valence electrons. The second-order valence-corrected chi connectivity index (χ2v) is 8.11. The third-order valence-electron chi connectivity index (χ3n) is 5.89. The number of aryl methyl sites for hydroxylation is 2. The summed E-state index contributed by atoms with van der Waals surface area (Å²) in [6.07, 6.45) is 0. The van der Waals surface area contributed by atoms with Crippen LogP contribution in [0.5, 0.6) is 5.75 Å². The van der Waals surface area contributed by atoms with Crippen LogP contribution >= 0.6 is 0 Å². The Morgan fingerprint density at radius 3 is 1.87 bits per heavy atom. The van der Waals surface area contributed by atoms with Crippen LogP contribution in [-0.2, 0) is 5.60 Å². The lowest BCUT2D eigenvalue weighted by Gasteiger charge is -2.39. The Morgan fingerprint density at radius 1 is 0.645 bits per heavy atom. The molecule has 2 nitrogen and oxygen atoms in total. The van der Waals surface area contributed by atoms with Gasteiger partial charge in [-0.25, -0.2) is 0 Å². The summed E-state index contributed by atoms with van der Waals surface area (Å²) >= 11 is 0. The summed E-state index contributed by atoms with van der Waals surface area (Å²) in [7, 11) is 0. The molecule has 1 aliphatic heterocycles. The number of hydrogen-bond donors (Lipinski definition) is 1. The molecule has 1 heterocycles. The molecule has 0 fully saturated rings. The Hall–Kier alpha value is -3.62. The van der Waals surface area contributed by atoms with Crippen LogP contribution in [-0.4, -0.2) is 5.11 Å². The molecule has 0 saturated heterocycles. The number of fused-ring (bicyclic) bond motifs is 1. The van der Waals surface area contributed by atoms with Crippen molar-refractivity contribution in [1.82, 2.24) is 0 Å². The van der Waals surface area contributed by atoms with E-state index in [0.717, 1.165) is 39.0 Å². The quantitative estimate of drug-likeness (QED) is 0.422. The van der Waals surface area contributed by atoms with Gasteiger partial charge in [-0.15, -0.1) is 0 Å². The lowest BCUT2D eigenvalue weighted by Crippen LogP contribution is -2.34. The Labute approximate surface area is 183 Å². The molecule has 4 aromatic rings. The second-order valence-electron chi connectivity index (χ2n) is 8.11. The van der Waals surface area contributed by atoms with Gasteiger partial charge in [0, 0.05) is 16.7 Å². The maximum Gasteiger partial charge on any atom is 0.148 e. The molecular formula is C29H24O2.